The number of carbonyl (C=O) groups is 2. The summed E-state index contributed by atoms with van der Waals surface area (Å²) in [4.78, 5) is 35.4. The lowest BCUT2D eigenvalue weighted by Crippen LogP contribution is -2.50. The third kappa shape index (κ3) is 6.49. The molecule has 0 bridgehead atoms. The molecule has 1 aromatic heterocycles. The molecule has 0 saturated carbocycles. The van der Waals surface area contributed by atoms with Crippen LogP contribution in [0.2, 0.25) is 0 Å². The molecule has 2 amide bonds. The van der Waals surface area contributed by atoms with Crippen LogP contribution in [0.3, 0.4) is 0 Å². The summed E-state index contributed by atoms with van der Waals surface area (Å²) in [5.41, 5.74) is 1.10. The van der Waals surface area contributed by atoms with Gasteiger partial charge in [0.25, 0.3) is 5.91 Å². The predicted octanol–water partition coefficient (Wildman–Crippen LogP) is 2.98. The Bertz CT molecular complexity index is 1420. The second-order valence-electron chi connectivity index (χ2n) is 9.20. The largest absolute Gasteiger partial charge is 0.497 e. The van der Waals surface area contributed by atoms with Gasteiger partial charge in [0, 0.05) is 50.9 Å². The maximum absolute atomic E-state index is 13.6. The number of sulfonamides is 1. The zero-order chi connectivity index (χ0) is 28.2. The first kappa shape index (κ1) is 28.7. The van der Waals surface area contributed by atoms with E-state index < -0.39 is 16.1 Å². The highest BCUT2D eigenvalue weighted by molar-refractivity contribution is 7.89. The standard InChI is InChI=1S/C26H33N5O6S2/c1-5-37-26(33)29-13-15-30(16-14-29)39(34,35)21-9-6-19(7-10-21)24(32)31(17-12-28(2)3)25-27-22-18-20(36-4)8-11-23(22)38-25/h6-11,18H,5,12-17H2,1-4H3. The summed E-state index contributed by atoms with van der Waals surface area (Å²) >= 11 is 1.41. The Labute approximate surface area is 232 Å². The summed E-state index contributed by atoms with van der Waals surface area (Å²) in [7, 11) is 1.67. The van der Waals surface area contributed by atoms with Gasteiger partial charge in [-0.25, -0.2) is 18.2 Å². The lowest BCUT2D eigenvalue weighted by molar-refractivity contribution is 0.0933. The third-order valence-electron chi connectivity index (χ3n) is 6.33. The van der Waals surface area contributed by atoms with Gasteiger partial charge in [-0.3, -0.25) is 9.69 Å². The maximum Gasteiger partial charge on any atom is 0.409 e. The van der Waals surface area contributed by atoms with Crippen LogP contribution in [-0.2, 0) is 14.8 Å². The van der Waals surface area contributed by atoms with E-state index in [0.29, 0.717) is 29.5 Å². The number of likely N-dealkylation sites (N-methyl/N-ethyl adjacent to an activating group) is 1. The molecular formula is C26H33N5O6S2. The Morgan fingerprint density at radius 3 is 2.33 bits per heavy atom. The van der Waals surface area contributed by atoms with Gasteiger partial charge in [0.15, 0.2) is 5.13 Å². The first-order valence-corrected chi connectivity index (χ1v) is 14.8. The summed E-state index contributed by atoms with van der Waals surface area (Å²) in [6, 6.07) is 11.6. The van der Waals surface area contributed by atoms with Gasteiger partial charge in [-0.15, -0.1) is 0 Å². The average molecular weight is 576 g/mol. The number of benzene rings is 2. The molecule has 11 nitrogen and oxygen atoms in total. The minimum Gasteiger partial charge on any atom is -0.497 e. The van der Waals surface area contributed by atoms with E-state index in [2.05, 4.69) is 4.98 Å². The Hall–Kier alpha value is -3.26. The number of anilines is 1. The van der Waals surface area contributed by atoms with Gasteiger partial charge in [0.2, 0.25) is 10.0 Å². The van der Waals surface area contributed by atoms with Gasteiger partial charge in [0.05, 0.1) is 28.8 Å². The van der Waals surface area contributed by atoms with Crippen LogP contribution in [0.5, 0.6) is 5.75 Å². The highest BCUT2D eigenvalue weighted by atomic mass is 32.2. The maximum atomic E-state index is 13.6. The van der Waals surface area contributed by atoms with Crippen molar-refractivity contribution in [2.24, 2.45) is 0 Å². The molecule has 13 heteroatoms. The van der Waals surface area contributed by atoms with Crippen molar-refractivity contribution in [2.75, 3.05) is 72.0 Å². The van der Waals surface area contributed by atoms with Crippen molar-refractivity contribution in [2.45, 2.75) is 11.8 Å². The van der Waals surface area contributed by atoms with Crippen molar-refractivity contribution in [1.29, 1.82) is 0 Å². The predicted molar refractivity (Wildman–Crippen MR) is 150 cm³/mol. The monoisotopic (exact) mass is 575 g/mol. The van der Waals surface area contributed by atoms with Crippen LogP contribution < -0.4 is 9.64 Å². The SMILES string of the molecule is CCOC(=O)N1CCN(S(=O)(=O)c2ccc(C(=O)N(CCN(C)C)c3nc4cc(OC)ccc4s3)cc2)CC1. The Balaban J connectivity index is 1.52. The van der Waals surface area contributed by atoms with E-state index in [-0.39, 0.29) is 43.6 Å². The third-order valence-corrected chi connectivity index (χ3v) is 9.31. The first-order chi connectivity index (χ1) is 18.6. The van der Waals surface area contributed by atoms with Crippen molar-refractivity contribution in [1.82, 2.24) is 19.1 Å². The zero-order valence-corrected chi connectivity index (χ0v) is 24.1. The molecule has 4 rings (SSSR count). The summed E-state index contributed by atoms with van der Waals surface area (Å²) < 4.78 is 39.0. The van der Waals surface area contributed by atoms with E-state index in [1.165, 1.54) is 44.8 Å². The molecule has 3 aromatic rings. The lowest BCUT2D eigenvalue weighted by Gasteiger charge is -2.33. The van der Waals surface area contributed by atoms with E-state index in [4.69, 9.17) is 9.47 Å². The molecule has 0 radical (unpaired) electrons. The fourth-order valence-corrected chi connectivity index (χ4v) is 6.51. The molecule has 1 saturated heterocycles. The van der Waals surface area contributed by atoms with Crippen LogP contribution in [-0.4, -0.2) is 107 Å². The molecule has 210 valence electrons. The molecule has 1 fully saturated rings. The summed E-state index contributed by atoms with van der Waals surface area (Å²) in [6.07, 6.45) is -0.441. The van der Waals surface area contributed by atoms with E-state index in [1.807, 2.05) is 37.2 Å². The van der Waals surface area contributed by atoms with Gasteiger partial charge in [-0.05, 0) is 57.4 Å². The Kier molecular flexibility index (Phi) is 9.05. The quantitative estimate of drug-likeness (QED) is 0.383. The topological polar surface area (TPSA) is 113 Å². The molecule has 0 atom stereocenters. The summed E-state index contributed by atoms with van der Waals surface area (Å²) in [6.45, 7) is 3.87. The van der Waals surface area contributed by atoms with Crippen molar-refractivity contribution in [3.8, 4) is 5.75 Å². The number of ether oxygens (including phenoxy) is 2. The average Bonchev–Trinajstić information content (AvgIpc) is 3.36. The first-order valence-electron chi connectivity index (χ1n) is 12.6. The molecule has 39 heavy (non-hydrogen) atoms. The highest BCUT2D eigenvalue weighted by Crippen LogP contribution is 2.32. The van der Waals surface area contributed by atoms with Crippen LogP contribution in [0.15, 0.2) is 47.4 Å². The number of hydrogen-bond donors (Lipinski definition) is 0. The molecule has 2 aromatic carbocycles. The molecule has 1 aliphatic heterocycles. The van der Waals surface area contributed by atoms with Crippen LogP contribution in [0.4, 0.5) is 9.93 Å². The minimum atomic E-state index is -3.78. The van der Waals surface area contributed by atoms with Crippen LogP contribution in [0.1, 0.15) is 17.3 Å². The van der Waals surface area contributed by atoms with E-state index in [9.17, 15) is 18.0 Å². The number of piperazine rings is 1. The number of amides is 2. The van der Waals surface area contributed by atoms with Gasteiger partial charge < -0.3 is 19.3 Å². The van der Waals surface area contributed by atoms with Gasteiger partial charge in [-0.2, -0.15) is 4.31 Å². The van der Waals surface area contributed by atoms with Crippen molar-refractivity contribution >= 4 is 48.7 Å². The second-order valence-corrected chi connectivity index (χ2v) is 12.2. The molecule has 1 aliphatic rings. The Morgan fingerprint density at radius 2 is 1.72 bits per heavy atom. The van der Waals surface area contributed by atoms with Gasteiger partial charge in [-0.1, -0.05) is 11.3 Å². The number of methoxy groups -OCH3 is 1. The molecule has 0 unspecified atom stereocenters. The van der Waals surface area contributed by atoms with E-state index in [0.717, 1.165) is 10.2 Å². The van der Waals surface area contributed by atoms with Gasteiger partial charge >= 0.3 is 6.09 Å². The van der Waals surface area contributed by atoms with E-state index >= 15 is 0 Å². The van der Waals surface area contributed by atoms with Gasteiger partial charge in [0.1, 0.15) is 5.75 Å². The van der Waals surface area contributed by atoms with Crippen LogP contribution in [0.25, 0.3) is 10.2 Å². The van der Waals surface area contributed by atoms with Crippen molar-refractivity contribution in [3.63, 3.8) is 0 Å². The highest BCUT2D eigenvalue weighted by Gasteiger charge is 2.31. The summed E-state index contributed by atoms with van der Waals surface area (Å²) in [5.74, 6) is 0.416. The number of nitrogens with zero attached hydrogens (tertiary/aromatic N) is 5. The molecule has 2 heterocycles. The normalized spacial score (nSPS) is 14.5. The number of fused-ring (bicyclic) bond motifs is 1. The molecule has 0 spiro atoms. The van der Waals surface area contributed by atoms with E-state index in [1.54, 1.807) is 18.9 Å². The zero-order valence-electron chi connectivity index (χ0n) is 22.5. The number of aromatic nitrogens is 1. The number of rotatable bonds is 9. The number of thiazole rings is 1. The number of carbonyl (C=O) groups excluding carboxylic acids is 2. The minimum absolute atomic E-state index is 0.0931. The number of hydrogen-bond acceptors (Lipinski definition) is 9. The molecule has 0 N–H and O–H groups in total. The molecule has 0 aliphatic carbocycles. The summed E-state index contributed by atoms with van der Waals surface area (Å²) in [5, 5.41) is 0.557. The van der Waals surface area contributed by atoms with Crippen LogP contribution in [0, 0.1) is 0 Å². The fourth-order valence-electron chi connectivity index (χ4n) is 4.12. The smallest absolute Gasteiger partial charge is 0.409 e. The second kappa shape index (κ2) is 12.3. The lowest BCUT2D eigenvalue weighted by atomic mass is 10.2. The Morgan fingerprint density at radius 1 is 1.03 bits per heavy atom. The van der Waals surface area contributed by atoms with Crippen molar-refractivity contribution < 1.29 is 27.5 Å². The molecular weight excluding hydrogens is 542 g/mol. The fraction of sp³-hybridized carbons (Fsp3) is 0.423. The van der Waals surface area contributed by atoms with Crippen molar-refractivity contribution in [3.05, 3.63) is 48.0 Å². The van der Waals surface area contributed by atoms with Crippen LogP contribution >= 0.6 is 11.3 Å².